The minimum absolute atomic E-state index is 0.127. The van der Waals surface area contributed by atoms with Crippen LogP contribution in [0.5, 0.6) is 11.5 Å². The summed E-state index contributed by atoms with van der Waals surface area (Å²) in [7, 11) is 3.17. The Bertz CT molecular complexity index is 632. The first-order valence-corrected chi connectivity index (χ1v) is 7.62. The lowest BCUT2D eigenvalue weighted by Gasteiger charge is -2.13. The number of ether oxygens (including phenoxy) is 2. The maximum absolute atomic E-state index is 12.3. The predicted octanol–water partition coefficient (Wildman–Crippen LogP) is 3.22. The van der Waals surface area contributed by atoms with Gasteiger partial charge in [0.25, 0.3) is 0 Å². The quantitative estimate of drug-likeness (QED) is 0.829. The van der Waals surface area contributed by atoms with Gasteiger partial charge in [0.1, 0.15) is 5.75 Å². The molecule has 1 aromatic carbocycles. The highest BCUT2D eigenvalue weighted by atomic mass is 32.2. The molecule has 0 bridgehead atoms. The van der Waals surface area contributed by atoms with E-state index in [-0.39, 0.29) is 11.2 Å². The van der Waals surface area contributed by atoms with E-state index in [1.54, 1.807) is 32.5 Å². The number of nitrogens with one attached hydrogen (secondary N) is 1. The number of carbonyl (C=O) groups is 1. The zero-order valence-corrected chi connectivity index (χ0v) is 13.5. The molecular formula is C16H18N2O3S. The molecule has 0 saturated carbocycles. The minimum Gasteiger partial charge on any atom is -0.497 e. The second-order valence-corrected chi connectivity index (χ2v) is 5.89. The number of benzene rings is 1. The number of anilines is 1. The van der Waals surface area contributed by atoms with Gasteiger partial charge < -0.3 is 14.8 Å². The van der Waals surface area contributed by atoms with Crippen molar-refractivity contribution < 1.29 is 14.3 Å². The number of aromatic nitrogens is 1. The molecule has 1 atom stereocenters. The molecule has 6 heteroatoms. The Morgan fingerprint density at radius 2 is 1.91 bits per heavy atom. The molecule has 1 heterocycles. The summed E-state index contributed by atoms with van der Waals surface area (Å²) < 4.78 is 10.3. The van der Waals surface area contributed by atoms with Gasteiger partial charge in [-0.25, -0.2) is 4.98 Å². The largest absolute Gasteiger partial charge is 0.497 e. The topological polar surface area (TPSA) is 60.5 Å². The molecule has 5 nitrogen and oxygen atoms in total. The van der Waals surface area contributed by atoms with Crippen LogP contribution in [-0.2, 0) is 4.79 Å². The zero-order valence-electron chi connectivity index (χ0n) is 12.7. The lowest BCUT2D eigenvalue weighted by molar-refractivity contribution is -0.115. The van der Waals surface area contributed by atoms with Gasteiger partial charge >= 0.3 is 0 Å². The summed E-state index contributed by atoms with van der Waals surface area (Å²) in [5, 5.41) is 2.52. The van der Waals surface area contributed by atoms with Crippen molar-refractivity contribution in [2.24, 2.45) is 0 Å². The number of amides is 1. The van der Waals surface area contributed by atoms with E-state index < -0.39 is 0 Å². The van der Waals surface area contributed by atoms with Crippen molar-refractivity contribution in [3.63, 3.8) is 0 Å². The molecule has 0 unspecified atom stereocenters. The van der Waals surface area contributed by atoms with E-state index in [1.165, 1.54) is 11.8 Å². The van der Waals surface area contributed by atoms with E-state index in [2.05, 4.69) is 10.3 Å². The van der Waals surface area contributed by atoms with Gasteiger partial charge in [-0.1, -0.05) is 0 Å². The van der Waals surface area contributed by atoms with Crippen molar-refractivity contribution in [2.45, 2.75) is 17.1 Å². The van der Waals surface area contributed by atoms with Crippen molar-refractivity contribution in [3.8, 4) is 11.5 Å². The van der Waals surface area contributed by atoms with Crippen LogP contribution in [0.25, 0.3) is 0 Å². The molecule has 2 rings (SSSR count). The Labute approximate surface area is 134 Å². The van der Waals surface area contributed by atoms with Gasteiger partial charge in [0.05, 0.1) is 19.5 Å². The van der Waals surface area contributed by atoms with Crippen molar-refractivity contribution >= 4 is 23.5 Å². The smallest absolute Gasteiger partial charge is 0.238 e. The van der Waals surface area contributed by atoms with Crippen LogP contribution in [0.3, 0.4) is 0 Å². The Balaban J connectivity index is 1.99. The van der Waals surface area contributed by atoms with Crippen LogP contribution >= 0.6 is 11.8 Å². The fourth-order valence-electron chi connectivity index (χ4n) is 1.78. The second kappa shape index (κ2) is 7.70. The number of pyridine rings is 1. The summed E-state index contributed by atoms with van der Waals surface area (Å²) in [5.41, 5.74) is 0. The van der Waals surface area contributed by atoms with Gasteiger partial charge in [-0.3, -0.25) is 4.79 Å². The van der Waals surface area contributed by atoms with E-state index in [0.29, 0.717) is 11.6 Å². The average Bonchev–Trinajstić information content (AvgIpc) is 2.56. The number of thioether (sulfide) groups is 1. The molecule has 0 spiro atoms. The van der Waals surface area contributed by atoms with E-state index in [0.717, 1.165) is 10.6 Å². The van der Waals surface area contributed by atoms with E-state index in [9.17, 15) is 4.79 Å². The average molecular weight is 318 g/mol. The number of methoxy groups -OCH3 is 2. The maximum atomic E-state index is 12.3. The summed E-state index contributed by atoms with van der Waals surface area (Å²) in [5.74, 6) is 1.63. The Morgan fingerprint density at radius 3 is 2.55 bits per heavy atom. The highest BCUT2D eigenvalue weighted by molar-refractivity contribution is 8.00. The third-order valence-corrected chi connectivity index (χ3v) is 4.09. The molecule has 0 aliphatic rings. The van der Waals surface area contributed by atoms with Crippen LogP contribution in [0.2, 0.25) is 0 Å². The summed E-state index contributed by atoms with van der Waals surface area (Å²) in [4.78, 5) is 17.4. The molecule has 0 fully saturated rings. The van der Waals surface area contributed by atoms with E-state index in [1.807, 2.05) is 31.2 Å². The van der Waals surface area contributed by atoms with Crippen LogP contribution in [0.1, 0.15) is 6.92 Å². The Morgan fingerprint density at radius 1 is 1.18 bits per heavy atom. The molecule has 22 heavy (non-hydrogen) atoms. The highest BCUT2D eigenvalue weighted by Crippen LogP contribution is 2.27. The van der Waals surface area contributed by atoms with Crippen LogP contribution in [0.4, 0.5) is 5.82 Å². The Hall–Kier alpha value is -2.21. The fourth-order valence-corrected chi connectivity index (χ4v) is 2.65. The van der Waals surface area contributed by atoms with Crippen molar-refractivity contribution in [1.82, 2.24) is 4.98 Å². The molecule has 0 aliphatic heterocycles. The van der Waals surface area contributed by atoms with Crippen LogP contribution < -0.4 is 14.8 Å². The summed E-state index contributed by atoms with van der Waals surface area (Å²) in [6.07, 6.45) is 1.61. The zero-order chi connectivity index (χ0) is 15.9. The standard InChI is InChI=1S/C16H18N2O3S/c1-11(22-13-8-6-12(20-2)7-9-13)16(19)18-15-14(21-3)5-4-10-17-15/h4-11H,1-3H3,(H,17,18,19)/t11-/m0/s1. The summed E-state index contributed by atoms with van der Waals surface area (Å²) in [6, 6.07) is 11.1. The minimum atomic E-state index is -0.264. The molecule has 0 radical (unpaired) electrons. The number of hydrogen-bond donors (Lipinski definition) is 1. The third-order valence-electron chi connectivity index (χ3n) is 2.97. The van der Waals surface area contributed by atoms with Crippen LogP contribution in [-0.4, -0.2) is 30.4 Å². The molecule has 2 aromatic rings. The maximum Gasteiger partial charge on any atom is 0.238 e. The number of carbonyl (C=O) groups excluding carboxylic acids is 1. The van der Waals surface area contributed by atoms with Gasteiger partial charge in [-0.05, 0) is 43.3 Å². The van der Waals surface area contributed by atoms with Crippen molar-refractivity contribution in [1.29, 1.82) is 0 Å². The molecular weight excluding hydrogens is 300 g/mol. The monoisotopic (exact) mass is 318 g/mol. The lowest BCUT2D eigenvalue weighted by Crippen LogP contribution is -2.23. The molecule has 0 aliphatic carbocycles. The molecule has 116 valence electrons. The predicted molar refractivity (Wildman–Crippen MR) is 87.7 cm³/mol. The van der Waals surface area contributed by atoms with Gasteiger partial charge in [0.15, 0.2) is 11.6 Å². The Kier molecular flexibility index (Phi) is 5.66. The van der Waals surface area contributed by atoms with Crippen molar-refractivity contribution in [2.75, 3.05) is 19.5 Å². The van der Waals surface area contributed by atoms with Crippen LogP contribution in [0, 0.1) is 0 Å². The lowest BCUT2D eigenvalue weighted by atomic mass is 10.3. The van der Waals surface area contributed by atoms with Gasteiger partial charge in [-0.15, -0.1) is 11.8 Å². The first-order valence-electron chi connectivity index (χ1n) is 6.74. The number of rotatable bonds is 6. The van der Waals surface area contributed by atoms with Gasteiger partial charge in [-0.2, -0.15) is 0 Å². The molecule has 1 N–H and O–H groups in total. The summed E-state index contributed by atoms with van der Waals surface area (Å²) >= 11 is 1.47. The number of hydrogen-bond acceptors (Lipinski definition) is 5. The first-order chi connectivity index (χ1) is 10.6. The van der Waals surface area contributed by atoms with Gasteiger partial charge in [0.2, 0.25) is 5.91 Å². The third kappa shape index (κ3) is 4.14. The highest BCUT2D eigenvalue weighted by Gasteiger charge is 2.16. The second-order valence-electron chi connectivity index (χ2n) is 4.48. The van der Waals surface area contributed by atoms with E-state index >= 15 is 0 Å². The van der Waals surface area contributed by atoms with E-state index in [4.69, 9.17) is 9.47 Å². The fraction of sp³-hybridized carbons (Fsp3) is 0.250. The SMILES string of the molecule is COc1ccc(S[C@@H](C)C(=O)Nc2ncccc2OC)cc1. The normalized spacial score (nSPS) is 11.6. The summed E-state index contributed by atoms with van der Waals surface area (Å²) in [6.45, 7) is 1.85. The molecule has 1 amide bonds. The van der Waals surface area contributed by atoms with Crippen LogP contribution in [0.15, 0.2) is 47.5 Å². The molecule has 0 saturated heterocycles. The van der Waals surface area contributed by atoms with Gasteiger partial charge in [0, 0.05) is 11.1 Å². The number of nitrogens with zero attached hydrogens (tertiary/aromatic N) is 1. The first kappa shape index (κ1) is 16.2. The van der Waals surface area contributed by atoms with Crippen molar-refractivity contribution in [3.05, 3.63) is 42.6 Å². The molecule has 1 aromatic heterocycles.